The molecule has 0 radical (unpaired) electrons. The second-order valence-electron chi connectivity index (χ2n) is 9.92. The molecule has 0 saturated carbocycles. The summed E-state index contributed by atoms with van der Waals surface area (Å²) in [4.78, 5) is 2.45. The number of aliphatic hydroxyl groups excluding tert-OH is 4. The quantitative estimate of drug-likeness (QED) is 0.447. The molecule has 2 bridgehead atoms. The minimum atomic E-state index is -1.39. The van der Waals surface area contributed by atoms with Crippen LogP contribution in [0.25, 0.3) is 0 Å². The number of methoxy groups -OCH3 is 1. The Labute approximate surface area is 197 Å². The van der Waals surface area contributed by atoms with E-state index in [0.29, 0.717) is 12.0 Å². The van der Waals surface area contributed by atoms with Gasteiger partial charge in [0.15, 0.2) is 11.5 Å². The summed E-state index contributed by atoms with van der Waals surface area (Å²) in [5.41, 5.74) is 1.59. The van der Waals surface area contributed by atoms with Crippen LogP contribution < -0.4 is 9.47 Å². The number of nitrogens with zero attached hydrogens (tertiary/aromatic N) is 1. The highest BCUT2D eigenvalue weighted by Crippen LogP contribution is 2.63. The summed E-state index contributed by atoms with van der Waals surface area (Å²) in [6.45, 7) is 0.539. The van der Waals surface area contributed by atoms with Crippen LogP contribution in [0.2, 0.25) is 0 Å². The molecule has 1 spiro atoms. The van der Waals surface area contributed by atoms with E-state index in [9.17, 15) is 20.4 Å². The molecule has 2 saturated heterocycles. The van der Waals surface area contributed by atoms with E-state index in [4.69, 9.17) is 14.2 Å². The van der Waals surface area contributed by atoms with Crippen LogP contribution in [0.4, 0.5) is 0 Å². The van der Waals surface area contributed by atoms with Crippen LogP contribution in [0.5, 0.6) is 11.5 Å². The number of ether oxygens (including phenoxy) is 3. The number of likely N-dealkylation sites (N-methyl/N-ethyl adjacent to an activating group) is 1. The maximum atomic E-state index is 10.6. The van der Waals surface area contributed by atoms with Crippen LogP contribution in [0.1, 0.15) is 17.5 Å². The molecular weight excluding hydrogens is 446 g/mol. The fraction of sp³-hybridized carbons (Fsp3) is 0.667. The Balaban J connectivity index is 1.39. The van der Waals surface area contributed by atoms with Gasteiger partial charge in [0.25, 0.3) is 0 Å². The number of rotatable bonds is 4. The fourth-order valence-electron chi connectivity index (χ4n) is 6.82. The lowest BCUT2D eigenvalue weighted by molar-refractivity contribution is -0.205. The number of piperidine rings is 1. The molecule has 6 rings (SSSR count). The van der Waals surface area contributed by atoms with Gasteiger partial charge in [0.05, 0.1) is 19.0 Å². The number of likely N-dealkylation sites (tertiary alicyclic amines) is 1. The lowest BCUT2D eigenvalue weighted by Gasteiger charge is -2.57. The summed E-state index contributed by atoms with van der Waals surface area (Å²) in [5.74, 6) is 1.88. The van der Waals surface area contributed by atoms with Gasteiger partial charge >= 0.3 is 0 Å². The van der Waals surface area contributed by atoms with Gasteiger partial charge in [-0.1, -0.05) is 18.2 Å². The van der Waals surface area contributed by atoms with E-state index in [1.165, 1.54) is 22.9 Å². The predicted octanol–water partition coefficient (Wildman–Crippen LogP) is 0.0419. The molecular formula is C24H31NO7S. The van der Waals surface area contributed by atoms with E-state index >= 15 is 0 Å². The standard InChI is InChI=1S/C24H31NO7S/c1-25-8-7-24-12-4-6-16(33-23-20(29)19(28)18(27)15(10-26)31-23)22(24)32-21-14(30-2)5-3-11(17(21)24)9-13(12)25/h3-6,12-13,15-16,18-20,22-23,26-29H,7-10H2,1-2H3/t12?,13?,15-,16?,18-,19+,20-,22?,23?,24?/m1/s1. The second kappa shape index (κ2) is 7.84. The molecule has 180 valence electrons. The molecule has 2 aliphatic carbocycles. The minimum absolute atomic E-state index is 0.144. The molecule has 0 amide bonds. The summed E-state index contributed by atoms with van der Waals surface area (Å²) >= 11 is 1.39. The summed E-state index contributed by atoms with van der Waals surface area (Å²) in [7, 11) is 3.86. The molecule has 3 heterocycles. The summed E-state index contributed by atoms with van der Waals surface area (Å²) < 4.78 is 18.2. The molecule has 2 fully saturated rings. The normalized spacial score (nSPS) is 45.5. The maximum Gasteiger partial charge on any atom is 0.165 e. The van der Waals surface area contributed by atoms with Crippen molar-refractivity contribution in [2.45, 2.75) is 65.5 Å². The third-order valence-electron chi connectivity index (χ3n) is 8.47. The van der Waals surface area contributed by atoms with Crippen molar-refractivity contribution in [2.75, 3.05) is 27.3 Å². The zero-order valence-electron chi connectivity index (χ0n) is 18.7. The Morgan fingerprint density at radius 2 is 2.00 bits per heavy atom. The minimum Gasteiger partial charge on any atom is -0.493 e. The van der Waals surface area contributed by atoms with E-state index < -0.39 is 36.5 Å². The van der Waals surface area contributed by atoms with Crippen molar-refractivity contribution in [3.63, 3.8) is 0 Å². The average Bonchev–Trinajstić information content (AvgIpc) is 3.17. The lowest BCUT2D eigenvalue weighted by Crippen LogP contribution is -2.65. The van der Waals surface area contributed by atoms with Gasteiger partial charge in [-0.25, -0.2) is 0 Å². The number of aliphatic hydroxyl groups is 4. The Morgan fingerprint density at radius 1 is 1.18 bits per heavy atom. The third kappa shape index (κ3) is 2.94. The number of thioether (sulfide) groups is 1. The van der Waals surface area contributed by atoms with Crippen LogP contribution in [-0.2, 0) is 16.6 Å². The molecule has 4 N–H and O–H groups in total. The predicted molar refractivity (Wildman–Crippen MR) is 122 cm³/mol. The van der Waals surface area contributed by atoms with E-state index in [1.54, 1.807) is 7.11 Å². The van der Waals surface area contributed by atoms with E-state index in [0.717, 1.165) is 30.9 Å². The van der Waals surface area contributed by atoms with Crippen molar-refractivity contribution in [3.8, 4) is 11.5 Å². The van der Waals surface area contributed by atoms with Crippen LogP contribution >= 0.6 is 11.8 Å². The Hall–Kier alpha value is -1.33. The molecule has 8 nitrogen and oxygen atoms in total. The van der Waals surface area contributed by atoms with Gasteiger partial charge in [-0.3, -0.25) is 0 Å². The van der Waals surface area contributed by atoms with Gasteiger partial charge in [-0.2, -0.15) is 0 Å². The van der Waals surface area contributed by atoms with Gasteiger partial charge in [0.1, 0.15) is 36.0 Å². The van der Waals surface area contributed by atoms with Gasteiger partial charge < -0.3 is 39.5 Å². The van der Waals surface area contributed by atoms with Crippen molar-refractivity contribution in [3.05, 3.63) is 35.4 Å². The second-order valence-corrected chi connectivity index (χ2v) is 11.2. The topological polar surface area (TPSA) is 112 Å². The first-order chi connectivity index (χ1) is 15.9. The summed E-state index contributed by atoms with van der Waals surface area (Å²) in [6, 6.07) is 4.56. The number of hydrogen-bond acceptors (Lipinski definition) is 9. The van der Waals surface area contributed by atoms with Crippen LogP contribution in [0.3, 0.4) is 0 Å². The lowest BCUT2D eigenvalue weighted by atomic mass is 9.53. The van der Waals surface area contributed by atoms with E-state index in [2.05, 4.69) is 30.2 Å². The molecule has 5 aliphatic rings. The van der Waals surface area contributed by atoms with Gasteiger partial charge in [-0.15, -0.1) is 11.8 Å². The highest BCUT2D eigenvalue weighted by molar-refractivity contribution is 8.00. The number of hydrogen-bond donors (Lipinski definition) is 4. The Bertz CT molecular complexity index is 972. The molecule has 33 heavy (non-hydrogen) atoms. The Kier molecular flexibility index (Phi) is 5.27. The zero-order valence-corrected chi connectivity index (χ0v) is 19.5. The highest BCUT2D eigenvalue weighted by Gasteiger charge is 2.64. The summed E-state index contributed by atoms with van der Waals surface area (Å²) in [6.07, 6.45) is 1.26. The van der Waals surface area contributed by atoms with Crippen molar-refractivity contribution >= 4 is 11.8 Å². The van der Waals surface area contributed by atoms with Crippen molar-refractivity contribution in [2.24, 2.45) is 5.92 Å². The van der Waals surface area contributed by atoms with E-state index in [-0.39, 0.29) is 16.8 Å². The average molecular weight is 478 g/mol. The smallest absolute Gasteiger partial charge is 0.165 e. The van der Waals surface area contributed by atoms with Crippen molar-refractivity contribution in [1.82, 2.24) is 4.90 Å². The molecule has 6 unspecified atom stereocenters. The molecule has 3 aliphatic heterocycles. The molecule has 1 aromatic carbocycles. The fourth-order valence-corrected chi connectivity index (χ4v) is 8.28. The first kappa shape index (κ1) is 22.2. The molecule has 10 atom stereocenters. The number of benzene rings is 1. The van der Waals surface area contributed by atoms with Crippen molar-refractivity contribution < 1.29 is 34.6 Å². The first-order valence-electron chi connectivity index (χ1n) is 11.6. The SMILES string of the molecule is COc1ccc2c3c1OC1C(SC4O[C@H](CO)[C@@H](O)[C@H](O)[C@H]4O)C=CC4C(C2)N(C)CCC341. The van der Waals surface area contributed by atoms with Crippen molar-refractivity contribution in [1.29, 1.82) is 0 Å². The van der Waals surface area contributed by atoms with Gasteiger partial charge in [-0.05, 0) is 38.1 Å². The largest absolute Gasteiger partial charge is 0.493 e. The zero-order chi connectivity index (χ0) is 23.1. The van der Waals surface area contributed by atoms with Gasteiger partial charge in [0.2, 0.25) is 0 Å². The van der Waals surface area contributed by atoms with Gasteiger partial charge in [0, 0.05) is 22.9 Å². The molecule has 0 aromatic heterocycles. The Morgan fingerprint density at radius 3 is 2.76 bits per heavy atom. The highest BCUT2D eigenvalue weighted by atomic mass is 32.2. The van der Waals surface area contributed by atoms with Crippen LogP contribution in [-0.4, -0.2) is 99.9 Å². The maximum absolute atomic E-state index is 10.6. The molecule has 9 heteroatoms. The third-order valence-corrected chi connectivity index (χ3v) is 9.85. The van der Waals surface area contributed by atoms with Crippen LogP contribution in [0.15, 0.2) is 24.3 Å². The molecule has 1 aromatic rings. The first-order valence-corrected chi connectivity index (χ1v) is 12.6. The monoisotopic (exact) mass is 477 g/mol. The van der Waals surface area contributed by atoms with E-state index in [1.807, 2.05) is 6.07 Å². The summed E-state index contributed by atoms with van der Waals surface area (Å²) in [5, 5.41) is 40.5. The van der Waals surface area contributed by atoms with Crippen LogP contribution in [0, 0.1) is 5.92 Å².